The van der Waals surface area contributed by atoms with Gasteiger partial charge in [-0.1, -0.05) is 51.4 Å². The van der Waals surface area contributed by atoms with Gasteiger partial charge in [0, 0.05) is 36.2 Å². The van der Waals surface area contributed by atoms with Crippen LogP contribution in [0.15, 0.2) is 24.3 Å². The molecule has 0 saturated carbocycles. The van der Waals surface area contributed by atoms with Crippen LogP contribution in [0.1, 0.15) is 46.2 Å². The summed E-state index contributed by atoms with van der Waals surface area (Å²) in [4.78, 5) is 2.66. The Morgan fingerprint density at radius 2 is 1.86 bits per heavy atom. The van der Waals surface area contributed by atoms with Crippen molar-refractivity contribution in [1.82, 2.24) is 10.2 Å². The van der Waals surface area contributed by atoms with Crippen molar-refractivity contribution >= 4 is 11.6 Å². The Kier molecular flexibility index (Phi) is 5.70. The zero-order chi connectivity index (χ0) is 15.6. The van der Waals surface area contributed by atoms with Gasteiger partial charge >= 0.3 is 0 Å². The molecule has 1 aromatic rings. The lowest BCUT2D eigenvalue weighted by atomic mass is 9.91. The molecule has 1 heterocycles. The summed E-state index contributed by atoms with van der Waals surface area (Å²) < 4.78 is 0. The highest BCUT2D eigenvalue weighted by Gasteiger charge is 2.34. The van der Waals surface area contributed by atoms with Crippen molar-refractivity contribution in [3.8, 4) is 0 Å². The Morgan fingerprint density at radius 1 is 1.14 bits per heavy atom. The van der Waals surface area contributed by atoms with Gasteiger partial charge in [0.25, 0.3) is 0 Å². The van der Waals surface area contributed by atoms with Gasteiger partial charge in [0.1, 0.15) is 0 Å². The number of nitrogens with zero attached hydrogens (tertiary/aromatic N) is 1. The third-order valence-electron chi connectivity index (χ3n) is 4.83. The van der Waals surface area contributed by atoms with E-state index in [2.05, 4.69) is 63.0 Å². The number of rotatable bonds is 4. The molecular weight excluding hydrogens is 280 g/mol. The normalized spacial score (nSPS) is 25.5. The smallest absolute Gasteiger partial charge is 0.0409 e. The largest absolute Gasteiger partial charge is 0.311 e. The van der Waals surface area contributed by atoms with Crippen LogP contribution in [0.3, 0.4) is 0 Å². The average Bonchev–Trinajstić information content (AvgIpc) is 2.45. The second kappa shape index (κ2) is 7.13. The van der Waals surface area contributed by atoms with E-state index in [4.69, 9.17) is 11.6 Å². The molecular formula is C18H29ClN2. The molecule has 0 radical (unpaired) electrons. The summed E-state index contributed by atoms with van der Waals surface area (Å²) in [6, 6.07) is 9.86. The first-order valence-corrected chi connectivity index (χ1v) is 8.52. The summed E-state index contributed by atoms with van der Waals surface area (Å²) in [5.74, 6) is 1.31. The Balaban J connectivity index is 2.22. The highest BCUT2D eigenvalue weighted by Crippen LogP contribution is 2.29. The van der Waals surface area contributed by atoms with E-state index >= 15 is 0 Å². The highest BCUT2D eigenvalue weighted by atomic mass is 35.5. The quantitative estimate of drug-likeness (QED) is 0.889. The molecule has 1 saturated heterocycles. The van der Waals surface area contributed by atoms with E-state index in [9.17, 15) is 0 Å². The molecule has 1 aromatic carbocycles. The molecule has 0 aliphatic carbocycles. The van der Waals surface area contributed by atoms with Crippen LogP contribution in [0.2, 0.25) is 5.02 Å². The van der Waals surface area contributed by atoms with Crippen molar-refractivity contribution in [3.63, 3.8) is 0 Å². The van der Waals surface area contributed by atoms with Crippen LogP contribution < -0.4 is 5.32 Å². The zero-order valence-corrected chi connectivity index (χ0v) is 14.7. The lowest BCUT2D eigenvalue weighted by Crippen LogP contribution is -2.60. The third kappa shape index (κ3) is 4.00. The van der Waals surface area contributed by atoms with Crippen LogP contribution in [-0.2, 0) is 0 Å². The maximum absolute atomic E-state index is 6.18. The highest BCUT2D eigenvalue weighted by molar-refractivity contribution is 6.30. The average molecular weight is 309 g/mol. The van der Waals surface area contributed by atoms with Crippen molar-refractivity contribution in [1.29, 1.82) is 0 Å². The fourth-order valence-electron chi connectivity index (χ4n) is 3.28. The first-order valence-electron chi connectivity index (χ1n) is 8.14. The molecule has 0 amide bonds. The fourth-order valence-corrected chi connectivity index (χ4v) is 3.48. The first-order chi connectivity index (χ1) is 9.90. The van der Waals surface area contributed by atoms with Gasteiger partial charge in [-0.15, -0.1) is 0 Å². The van der Waals surface area contributed by atoms with Crippen LogP contribution in [0.5, 0.6) is 0 Å². The van der Waals surface area contributed by atoms with Gasteiger partial charge in [-0.3, -0.25) is 4.90 Å². The van der Waals surface area contributed by atoms with E-state index in [-0.39, 0.29) is 0 Å². The minimum Gasteiger partial charge on any atom is -0.311 e. The standard InChI is InChI=1S/C18H29ClN2/c1-12(2)17-11-21(18(10-20-17)13(3)4)14(5)15-7-6-8-16(19)9-15/h6-9,12-14,17-18,20H,10-11H2,1-5H3. The number of halogens is 1. The lowest BCUT2D eigenvalue weighted by Gasteiger charge is -2.46. The fraction of sp³-hybridized carbons (Fsp3) is 0.667. The molecule has 1 N–H and O–H groups in total. The van der Waals surface area contributed by atoms with Crippen LogP contribution in [0.25, 0.3) is 0 Å². The van der Waals surface area contributed by atoms with Crippen LogP contribution >= 0.6 is 11.6 Å². The first kappa shape index (κ1) is 16.8. The Morgan fingerprint density at radius 3 is 2.43 bits per heavy atom. The summed E-state index contributed by atoms with van der Waals surface area (Å²) in [6.07, 6.45) is 0. The molecule has 118 valence electrons. The number of piperazine rings is 1. The topological polar surface area (TPSA) is 15.3 Å². The molecule has 2 nitrogen and oxygen atoms in total. The summed E-state index contributed by atoms with van der Waals surface area (Å²) in [5.41, 5.74) is 1.32. The number of benzene rings is 1. The van der Waals surface area contributed by atoms with Crippen LogP contribution in [0.4, 0.5) is 0 Å². The molecule has 1 aliphatic rings. The second-order valence-corrected chi connectivity index (χ2v) is 7.43. The number of hydrogen-bond donors (Lipinski definition) is 1. The monoisotopic (exact) mass is 308 g/mol. The summed E-state index contributed by atoms with van der Waals surface area (Å²) >= 11 is 6.18. The van der Waals surface area contributed by atoms with Crippen LogP contribution in [0, 0.1) is 11.8 Å². The Bertz CT molecular complexity index is 458. The SMILES string of the molecule is CC(C)C1CN(C(C)c2cccc(Cl)c2)C(C(C)C)CN1. The maximum Gasteiger partial charge on any atom is 0.0409 e. The predicted octanol–water partition coefficient (Wildman–Crippen LogP) is 4.36. The van der Waals surface area contributed by atoms with Gasteiger partial charge in [-0.25, -0.2) is 0 Å². The van der Waals surface area contributed by atoms with Gasteiger partial charge < -0.3 is 5.32 Å². The second-order valence-electron chi connectivity index (χ2n) is 7.00. The third-order valence-corrected chi connectivity index (χ3v) is 5.06. The predicted molar refractivity (Wildman–Crippen MR) is 91.8 cm³/mol. The Hall–Kier alpha value is -0.570. The van der Waals surface area contributed by atoms with E-state index in [1.807, 2.05) is 6.07 Å². The molecule has 2 rings (SSSR count). The van der Waals surface area contributed by atoms with E-state index in [1.165, 1.54) is 5.56 Å². The molecule has 1 aliphatic heterocycles. The van der Waals surface area contributed by atoms with Gasteiger partial charge in [0.2, 0.25) is 0 Å². The summed E-state index contributed by atoms with van der Waals surface area (Å²) in [7, 11) is 0. The van der Waals surface area contributed by atoms with Gasteiger partial charge in [0.05, 0.1) is 0 Å². The van der Waals surface area contributed by atoms with E-state index < -0.39 is 0 Å². The number of nitrogens with one attached hydrogen (secondary N) is 1. The number of hydrogen-bond acceptors (Lipinski definition) is 2. The Labute approximate surface area is 134 Å². The molecule has 3 heteroatoms. The van der Waals surface area contributed by atoms with E-state index in [0.29, 0.717) is 30.0 Å². The summed E-state index contributed by atoms with van der Waals surface area (Å²) in [5, 5.41) is 4.56. The minimum atomic E-state index is 0.402. The maximum atomic E-state index is 6.18. The van der Waals surface area contributed by atoms with Gasteiger partial charge in [-0.2, -0.15) is 0 Å². The van der Waals surface area contributed by atoms with Crippen LogP contribution in [-0.4, -0.2) is 30.1 Å². The van der Waals surface area contributed by atoms with Crippen molar-refractivity contribution in [2.75, 3.05) is 13.1 Å². The molecule has 0 bridgehead atoms. The zero-order valence-electron chi connectivity index (χ0n) is 13.9. The van der Waals surface area contributed by atoms with Crippen molar-refractivity contribution in [2.45, 2.75) is 52.7 Å². The minimum absolute atomic E-state index is 0.402. The van der Waals surface area contributed by atoms with Crippen molar-refractivity contribution in [2.24, 2.45) is 11.8 Å². The molecule has 0 aromatic heterocycles. The summed E-state index contributed by atoms with van der Waals surface area (Å²) in [6.45, 7) is 13.7. The molecule has 21 heavy (non-hydrogen) atoms. The van der Waals surface area contributed by atoms with E-state index in [0.717, 1.165) is 18.1 Å². The van der Waals surface area contributed by atoms with E-state index in [1.54, 1.807) is 0 Å². The van der Waals surface area contributed by atoms with Gasteiger partial charge in [-0.05, 0) is 36.5 Å². The molecule has 3 atom stereocenters. The molecule has 1 fully saturated rings. The molecule has 0 spiro atoms. The van der Waals surface area contributed by atoms with Crippen molar-refractivity contribution in [3.05, 3.63) is 34.9 Å². The van der Waals surface area contributed by atoms with Crippen molar-refractivity contribution < 1.29 is 0 Å². The lowest BCUT2D eigenvalue weighted by molar-refractivity contribution is 0.0513. The van der Waals surface area contributed by atoms with Gasteiger partial charge in [0.15, 0.2) is 0 Å². The molecule has 3 unspecified atom stereocenters.